The summed E-state index contributed by atoms with van der Waals surface area (Å²) in [6.07, 6.45) is 11.4. The molecule has 2 aromatic heterocycles. The highest BCUT2D eigenvalue weighted by molar-refractivity contribution is 7.84. The summed E-state index contributed by atoms with van der Waals surface area (Å²) in [4.78, 5) is 21.0. The summed E-state index contributed by atoms with van der Waals surface area (Å²) in [6, 6.07) is 1.43. The van der Waals surface area contributed by atoms with Crippen LogP contribution in [0, 0.1) is 18.3 Å². The molecule has 1 aliphatic rings. The molecule has 10 nitrogen and oxygen atoms in total. The molecule has 0 saturated heterocycles. The van der Waals surface area contributed by atoms with Crippen LogP contribution >= 0.6 is 0 Å². The molecule has 3 rings (SSSR count). The maximum Gasteiger partial charge on any atom is 0.333 e. The van der Waals surface area contributed by atoms with E-state index in [1.165, 1.54) is 12.5 Å². The van der Waals surface area contributed by atoms with Gasteiger partial charge in [0.05, 0.1) is 24.8 Å². The van der Waals surface area contributed by atoms with Crippen molar-refractivity contribution in [2.45, 2.75) is 31.5 Å². The number of hydrogen-bond donors (Lipinski definition) is 3. The molecule has 0 bridgehead atoms. The van der Waals surface area contributed by atoms with E-state index in [-0.39, 0.29) is 24.0 Å². The lowest BCUT2D eigenvalue weighted by Crippen LogP contribution is -2.24. The summed E-state index contributed by atoms with van der Waals surface area (Å²) in [5.41, 5.74) is 0.730. The molecule has 11 heteroatoms. The van der Waals surface area contributed by atoms with Gasteiger partial charge in [0.1, 0.15) is 12.1 Å². The Hall–Kier alpha value is -2.78. The molecule has 1 saturated carbocycles. The quantitative estimate of drug-likeness (QED) is 0.397. The van der Waals surface area contributed by atoms with Crippen molar-refractivity contribution >= 4 is 21.9 Å². The third-order valence-corrected chi connectivity index (χ3v) is 5.15. The first kappa shape index (κ1) is 20.9. The van der Waals surface area contributed by atoms with Crippen LogP contribution in [0.3, 0.4) is 0 Å². The molecule has 29 heavy (non-hydrogen) atoms. The van der Waals surface area contributed by atoms with Crippen molar-refractivity contribution in [3.05, 3.63) is 42.1 Å². The van der Waals surface area contributed by atoms with Gasteiger partial charge in [0.15, 0.2) is 5.78 Å². The SMILES string of the molecule is C#CCn1ccc(C(=O)c2cncnc2NC2CC(O)C(COS(N)(=O)=O)C2)c1. The molecule has 4 N–H and O–H groups in total. The van der Waals surface area contributed by atoms with Crippen LogP contribution < -0.4 is 10.5 Å². The maximum atomic E-state index is 12.9. The van der Waals surface area contributed by atoms with Crippen molar-refractivity contribution in [1.29, 1.82) is 0 Å². The van der Waals surface area contributed by atoms with E-state index in [0.29, 0.717) is 30.8 Å². The second-order valence-corrected chi connectivity index (χ2v) is 8.03. The van der Waals surface area contributed by atoms with Crippen LogP contribution in [-0.2, 0) is 21.0 Å². The molecular formula is C18H21N5O5S. The van der Waals surface area contributed by atoms with Gasteiger partial charge in [0.25, 0.3) is 0 Å². The van der Waals surface area contributed by atoms with Crippen molar-refractivity contribution in [2.75, 3.05) is 11.9 Å². The predicted molar refractivity (Wildman–Crippen MR) is 104 cm³/mol. The number of aromatic nitrogens is 3. The van der Waals surface area contributed by atoms with E-state index >= 15 is 0 Å². The number of aliphatic hydroxyl groups excluding tert-OH is 1. The van der Waals surface area contributed by atoms with Crippen molar-refractivity contribution in [2.24, 2.45) is 11.1 Å². The summed E-state index contributed by atoms with van der Waals surface area (Å²) in [5, 5.41) is 18.1. The molecule has 1 fully saturated rings. The monoisotopic (exact) mass is 419 g/mol. The van der Waals surface area contributed by atoms with Gasteiger partial charge in [0, 0.05) is 36.1 Å². The minimum Gasteiger partial charge on any atom is -0.393 e. The van der Waals surface area contributed by atoms with Gasteiger partial charge < -0.3 is 15.0 Å². The number of hydrogen-bond acceptors (Lipinski definition) is 8. The molecule has 154 valence electrons. The Morgan fingerprint density at radius 1 is 1.48 bits per heavy atom. The third kappa shape index (κ3) is 5.39. The highest BCUT2D eigenvalue weighted by Crippen LogP contribution is 2.30. The van der Waals surface area contributed by atoms with Gasteiger partial charge in [-0.15, -0.1) is 6.42 Å². The Balaban J connectivity index is 1.71. The Morgan fingerprint density at radius 2 is 2.28 bits per heavy atom. The fourth-order valence-electron chi connectivity index (χ4n) is 3.32. The van der Waals surface area contributed by atoms with E-state index in [9.17, 15) is 18.3 Å². The summed E-state index contributed by atoms with van der Waals surface area (Å²) >= 11 is 0. The fourth-order valence-corrected chi connectivity index (χ4v) is 3.68. The lowest BCUT2D eigenvalue weighted by molar-refractivity contribution is 0.101. The van der Waals surface area contributed by atoms with Crippen LogP contribution in [0.2, 0.25) is 0 Å². The van der Waals surface area contributed by atoms with Gasteiger partial charge in [0.2, 0.25) is 0 Å². The standard InChI is InChI=1S/C18H21N5O5S/c1-2-4-23-5-3-12(9-23)17(25)15-8-20-11-21-18(15)22-14-6-13(16(24)7-14)10-28-29(19,26)27/h1,3,5,8-9,11,13-14,16,24H,4,6-7,10H2,(H2,19,26,27)(H,20,21,22). The largest absolute Gasteiger partial charge is 0.393 e. The van der Waals surface area contributed by atoms with Crippen LogP contribution in [0.1, 0.15) is 28.8 Å². The smallest absolute Gasteiger partial charge is 0.333 e. The number of aliphatic hydroxyl groups is 1. The van der Waals surface area contributed by atoms with Crippen LogP contribution in [0.5, 0.6) is 0 Å². The van der Waals surface area contributed by atoms with Gasteiger partial charge in [-0.3, -0.25) is 8.98 Å². The first-order valence-electron chi connectivity index (χ1n) is 8.82. The average Bonchev–Trinajstić information content (AvgIpc) is 3.26. The minimum absolute atomic E-state index is 0.212. The van der Waals surface area contributed by atoms with Crippen LogP contribution in [0.15, 0.2) is 31.0 Å². The van der Waals surface area contributed by atoms with Crippen LogP contribution in [0.25, 0.3) is 0 Å². The molecule has 1 aliphatic carbocycles. The Labute approximate surface area is 168 Å². The summed E-state index contributed by atoms with van der Waals surface area (Å²) < 4.78 is 28.2. The van der Waals surface area contributed by atoms with Gasteiger partial charge in [-0.05, 0) is 18.9 Å². The average molecular weight is 419 g/mol. The lowest BCUT2D eigenvalue weighted by Gasteiger charge is -2.15. The fraction of sp³-hybridized carbons (Fsp3) is 0.389. The minimum atomic E-state index is -4.07. The molecule has 3 atom stereocenters. The summed E-state index contributed by atoms with van der Waals surface area (Å²) in [7, 11) is -4.07. The number of carbonyl (C=O) groups excluding carboxylic acids is 1. The third-order valence-electron chi connectivity index (χ3n) is 4.69. The Kier molecular flexibility index (Phi) is 6.29. The number of nitrogens with two attached hydrogens (primary N) is 1. The lowest BCUT2D eigenvalue weighted by atomic mass is 10.1. The number of rotatable bonds is 8. The van der Waals surface area contributed by atoms with Crippen LogP contribution in [-0.4, -0.2) is 52.6 Å². The number of nitrogens with zero attached hydrogens (tertiary/aromatic N) is 3. The first-order valence-corrected chi connectivity index (χ1v) is 10.3. The highest BCUT2D eigenvalue weighted by atomic mass is 32.2. The van der Waals surface area contributed by atoms with E-state index in [0.717, 1.165) is 0 Å². The summed E-state index contributed by atoms with van der Waals surface area (Å²) in [5.74, 6) is 2.15. The number of carbonyl (C=O) groups is 1. The molecular weight excluding hydrogens is 398 g/mol. The molecule has 0 radical (unpaired) electrons. The number of anilines is 1. The van der Waals surface area contributed by atoms with Crippen molar-refractivity contribution in [3.63, 3.8) is 0 Å². The topological polar surface area (TPSA) is 149 Å². The molecule has 2 aromatic rings. The van der Waals surface area contributed by atoms with Gasteiger partial charge in [-0.25, -0.2) is 15.1 Å². The van der Waals surface area contributed by atoms with Gasteiger partial charge in [-0.1, -0.05) is 5.92 Å². The molecule has 0 amide bonds. The zero-order chi connectivity index (χ0) is 21.0. The number of terminal acetylenes is 1. The number of ketones is 1. The second-order valence-electron chi connectivity index (χ2n) is 6.81. The van der Waals surface area contributed by atoms with Crippen molar-refractivity contribution in [3.8, 4) is 12.3 Å². The normalized spacial score (nSPS) is 21.6. The van der Waals surface area contributed by atoms with Crippen LogP contribution in [0.4, 0.5) is 5.82 Å². The van der Waals surface area contributed by atoms with E-state index in [1.807, 2.05) is 0 Å². The molecule has 0 spiro atoms. The molecule has 3 unspecified atom stereocenters. The maximum absolute atomic E-state index is 12.9. The van der Waals surface area contributed by atoms with E-state index < -0.39 is 22.3 Å². The zero-order valence-electron chi connectivity index (χ0n) is 15.4. The number of nitrogens with one attached hydrogen (secondary N) is 1. The highest BCUT2D eigenvalue weighted by Gasteiger charge is 2.34. The van der Waals surface area contributed by atoms with Crippen molar-refractivity contribution in [1.82, 2.24) is 14.5 Å². The van der Waals surface area contributed by atoms with E-state index in [2.05, 4.69) is 25.4 Å². The van der Waals surface area contributed by atoms with E-state index in [1.54, 1.807) is 23.0 Å². The predicted octanol–water partition coefficient (Wildman–Crippen LogP) is -0.0862. The van der Waals surface area contributed by atoms with Gasteiger partial charge in [-0.2, -0.15) is 8.42 Å². The van der Waals surface area contributed by atoms with Crippen molar-refractivity contribution < 1.29 is 22.5 Å². The molecule has 2 heterocycles. The van der Waals surface area contributed by atoms with Gasteiger partial charge >= 0.3 is 10.3 Å². The zero-order valence-corrected chi connectivity index (χ0v) is 16.2. The Bertz CT molecular complexity index is 1030. The molecule has 0 aromatic carbocycles. The Morgan fingerprint density at radius 3 is 3.00 bits per heavy atom. The second kappa shape index (κ2) is 8.71. The first-order chi connectivity index (χ1) is 13.8. The summed E-state index contributed by atoms with van der Waals surface area (Å²) in [6.45, 7) is 0.141. The molecule has 0 aliphatic heterocycles. The van der Waals surface area contributed by atoms with E-state index in [4.69, 9.17) is 11.6 Å².